The summed E-state index contributed by atoms with van der Waals surface area (Å²) in [5, 5.41) is 10.3. The molecular formula is C4H10N3. The molecule has 0 saturated heterocycles. The van der Waals surface area contributed by atoms with Crippen LogP contribution in [-0.4, -0.2) is 12.0 Å². The number of nitrogens with two attached hydrogens (primary N) is 1. The molecule has 7 heavy (non-hydrogen) atoms. The van der Waals surface area contributed by atoms with Crippen molar-refractivity contribution in [3.63, 3.8) is 0 Å². The Morgan fingerprint density at radius 1 is 1.71 bits per heavy atom. The van der Waals surface area contributed by atoms with E-state index in [4.69, 9.17) is 11.1 Å². The quantitative estimate of drug-likeness (QED) is 0.350. The third-order valence-corrected chi connectivity index (χ3v) is 0.397. The first-order valence-electron chi connectivity index (χ1n) is 2.18. The van der Waals surface area contributed by atoms with E-state index in [0.717, 1.165) is 0 Å². The van der Waals surface area contributed by atoms with E-state index in [9.17, 15) is 0 Å². The van der Waals surface area contributed by atoms with Gasteiger partial charge in [-0.2, -0.15) is 0 Å². The molecular weight excluding hydrogens is 90.1 g/mol. The van der Waals surface area contributed by atoms with Gasteiger partial charge in [0.2, 0.25) is 5.96 Å². The molecule has 0 aromatic rings. The van der Waals surface area contributed by atoms with Crippen LogP contribution in [0.2, 0.25) is 0 Å². The average molecular weight is 100 g/mol. The highest BCUT2D eigenvalue weighted by Gasteiger charge is 1.91. The average Bonchev–Trinajstić information content (AvgIpc) is 1.27. The van der Waals surface area contributed by atoms with Gasteiger partial charge in [0.15, 0.2) is 0 Å². The normalized spacial score (nSPS) is 9.00. The van der Waals surface area contributed by atoms with Crippen LogP contribution in [0.4, 0.5) is 0 Å². The molecule has 0 spiro atoms. The van der Waals surface area contributed by atoms with E-state index in [1.807, 2.05) is 13.8 Å². The Kier molecular flexibility index (Phi) is 2.19. The minimum absolute atomic E-state index is 0.0880. The second-order valence-corrected chi connectivity index (χ2v) is 1.61. The molecule has 0 aliphatic heterocycles. The van der Waals surface area contributed by atoms with Gasteiger partial charge in [-0.05, 0) is 13.8 Å². The van der Waals surface area contributed by atoms with Crippen LogP contribution in [0.1, 0.15) is 13.8 Å². The van der Waals surface area contributed by atoms with E-state index in [0.29, 0.717) is 0 Å². The summed E-state index contributed by atoms with van der Waals surface area (Å²) in [4.78, 5) is 0. The summed E-state index contributed by atoms with van der Waals surface area (Å²) in [5.74, 6) is -0.0880. The zero-order valence-electron chi connectivity index (χ0n) is 4.60. The highest BCUT2D eigenvalue weighted by Crippen LogP contribution is 1.74. The first-order chi connectivity index (χ1) is 3.13. The lowest BCUT2D eigenvalue weighted by atomic mass is 10.4. The molecule has 0 heterocycles. The fourth-order valence-corrected chi connectivity index (χ4v) is 0.278. The van der Waals surface area contributed by atoms with Gasteiger partial charge in [0.25, 0.3) is 0 Å². The van der Waals surface area contributed by atoms with Gasteiger partial charge in [-0.25, -0.2) is 5.32 Å². The first kappa shape index (κ1) is 6.27. The van der Waals surface area contributed by atoms with Crippen molar-refractivity contribution in [3.05, 3.63) is 0 Å². The molecule has 0 rings (SSSR count). The van der Waals surface area contributed by atoms with Crippen molar-refractivity contribution >= 4 is 5.96 Å². The van der Waals surface area contributed by atoms with Crippen molar-refractivity contribution in [1.82, 2.24) is 5.32 Å². The molecule has 0 fully saturated rings. The van der Waals surface area contributed by atoms with E-state index in [1.54, 1.807) is 0 Å². The van der Waals surface area contributed by atoms with E-state index in [1.165, 1.54) is 0 Å². The van der Waals surface area contributed by atoms with Gasteiger partial charge in [0.1, 0.15) is 0 Å². The van der Waals surface area contributed by atoms with Crippen molar-refractivity contribution in [3.8, 4) is 0 Å². The summed E-state index contributed by atoms with van der Waals surface area (Å²) >= 11 is 0. The fourth-order valence-electron chi connectivity index (χ4n) is 0.278. The summed E-state index contributed by atoms with van der Waals surface area (Å²) in [6.07, 6.45) is 0. The van der Waals surface area contributed by atoms with E-state index in [2.05, 4.69) is 5.32 Å². The summed E-state index contributed by atoms with van der Waals surface area (Å²) in [6, 6.07) is 0.150. The molecule has 0 bridgehead atoms. The lowest BCUT2D eigenvalue weighted by molar-refractivity contribution is 0.713. The molecule has 0 aromatic heterocycles. The van der Waals surface area contributed by atoms with Gasteiger partial charge in [-0.15, -0.1) is 0 Å². The predicted octanol–water partition coefficient (Wildman–Crippen LogP) is -0.107. The zero-order chi connectivity index (χ0) is 5.86. The van der Waals surface area contributed by atoms with E-state index in [-0.39, 0.29) is 12.0 Å². The van der Waals surface area contributed by atoms with Gasteiger partial charge in [0.05, 0.1) is 0 Å². The molecule has 3 heteroatoms. The molecule has 0 aliphatic rings. The minimum Gasteiger partial charge on any atom is -0.369 e. The number of hydrogen-bond donors (Lipinski definition) is 2. The van der Waals surface area contributed by atoms with Gasteiger partial charge < -0.3 is 5.73 Å². The van der Waals surface area contributed by atoms with Crippen LogP contribution in [0.25, 0.3) is 0 Å². The largest absolute Gasteiger partial charge is 0.369 e. The first-order valence-corrected chi connectivity index (χ1v) is 2.18. The molecule has 1 radical (unpaired) electrons. The minimum atomic E-state index is -0.0880. The van der Waals surface area contributed by atoms with Crippen LogP contribution in [0.3, 0.4) is 0 Å². The number of rotatable bonds is 1. The molecule has 3 N–H and O–H groups in total. The van der Waals surface area contributed by atoms with Crippen molar-refractivity contribution in [2.45, 2.75) is 19.9 Å². The van der Waals surface area contributed by atoms with Gasteiger partial charge >= 0.3 is 0 Å². The topological polar surface area (TPSA) is 64.0 Å². The lowest BCUT2D eigenvalue weighted by Gasteiger charge is -2.00. The smallest absolute Gasteiger partial charge is 0.208 e. The third-order valence-electron chi connectivity index (χ3n) is 0.397. The van der Waals surface area contributed by atoms with E-state index >= 15 is 0 Å². The van der Waals surface area contributed by atoms with E-state index < -0.39 is 0 Å². The summed E-state index contributed by atoms with van der Waals surface area (Å²) in [5.41, 5.74) is 4.91. The van der Waals surface area contributed by atoms with Gasteiger partial charge in [-0.1, -0.05) is 0 Å². The molecule has 41 valence electrons. The van der Waals surface area contributed by atoms with Crippen LogP contribution in [0.5, 0.6) is 0 Å². The van der Waals surface area contributed by atoms with Crippen molar-refractivity contribution < 1.29 is 0 Å². The second kappa shape index (κ2) is 2.44. The van der Waals surface area contributed by atoms with Gasteiger partial charge in [0, 0.05) is 6.04 Å². The zero-order valence-corrected chi connectivity index (χ0v) is 4.60. The molecule has 3 nitrogen and oxygen atoms in total. The number of guanidine groups is 1. The Labute approximate surface area is 43.4 Å². The lowest BCUT2D eigenvalue weighted by Crippen LogP contribution is -2.28. The maximum absolute atomic E-state index is 6.64. The maximum atomic E-state index is 6.64. The highest BCUT2D eigenvalue weighted by atomic mass is 15.1. The van der Waals surface area contributed by atoms with Crippen molar-refractivity contribution in [2.75, 3.05) is 0 Å². The number of nitrogens with zero attached hydrogens (tertiary/aromatic N) is 1. The van der Waals surface area contributed by atoms with Gasteiger partial charge in [-0.3, -0.25) is 5.41 Å². The molecule has 0 aromatic carbocycles. The van der Waals surface area contributed by atoms with Crippen LogP contribution < -0.4 is 11.1 Å². The van der Waals surface area contributed by atoms with Crippen LogP contribution >= 0.6 is 0 Å². The summed E-state index contributed by atoms with van der Waals surface area (Å²) < 4.78 is 0. The molecule has 0 amide bonds. The third kappa shape index (κ3) is 5.27. The summed E-state index contributed by atoms with van der Waals surface area (Å²) in [6.45, 7) is 3.75. The van der Waals surface area contributed by atoms with Crippen LogP contribution in [-0.2, 0) is 0 Å². The summed E-state index contributed by atoms with van der Waals surface area (Å²) in [7, 11) is 0. The van der Waals surface area contributed by atoms with Crippen molar-refractivity contribution in [1.29, 1.82) is 5.41 Å². The van der Waals surface area contributed by atoms with Crippen LogP contribution in [0, 0.1) is 5.41 Å². The fraction of sp³-hybridized carbons (Fsp3) is 0.750. The second-order valence-electron chi connectivity index (χ2n) is 1.61. The Hall–Kier alpha value is -0.730. The molecule has 0 saturated carbocycles. The van der Waals surface area contributed by atoms with Crippen molar-refractivity contribution in [2.24, 2.45) is 5.73 Å². The Morgan fingerprint density at radius 2 is 2.14 bits per heavy atom. The SMILES string of the molecule is CC(C)[N]C(=N)N. The number of hydrogen-bond acceptors (Lipinski definition) is 1. The molecule has 0 aliphatic carbocycles. The predicted molar refractivity (Wildman–Crippen MR) is 29.2 cm³/mol. The Balaban J connectivity index is 3.13. The standard InChI is InChI=1S/C4H10N3/c1-3(2)7-4(5)6/h3H,1-2H3,(H3,5,6). The monoisotopic (exact) mass is 100 g/mol. The Bertz CT molecular complexity index is 67.3. The number of nitrogens with one attached hydrogen (secondary N) is 1. The molecule has 0 atom stereocenters. The highest BCUT2D eigenvalue weighted by molar-refractivity contribution is 5.74. The maximum Gasteiger partial charge on any atom is 0.208 e. The molecule has 0 unspecified atom stereocenters. The Morgan fingerprint density at radius 3 is 2.14 bits per heavy atom. The van der Waals surface area contributed by atoms with Crippen LogP contribution in [0.15, 0.2) is 0 Å².